The highest BCUT2D eigenvalue weighted by molar-refractivity contribution is 5.47. The Balaban J connectivity index is 2.35. The van der Waals surface area contributed by atoms with Crippen LogP contribution in [-0.4, -0.2) is 27.4 Å². The average Bonchev–Trinajstić information content (AvgIpc) is 2.49. The molecule has 19 heavy (non-hydrogen) atoms. The molecule has 0 bridgehead atoms. The van der Waals surface area contributed by atoms with E-state index in [9.17, 15) is 0 Å². The maximum Gasteiger partial charge on any atom is 0.127 e. The molecule has 0 saturated carbocycles. The fourth-order valence-electron chi connectivity index (χ4n) is 2.67. The van der Waals surface area contributed by atoms with Crippen molar-refractivity contribution >= 4 is 0 Å². The van der Waals surface area contributed by atoms with E-state index in [0.717, 1.165) is 36.5 Å². The van der Waals surface area contributed by atoms with E-state index in [2.05, 4.69) is 5.43 Å². The van der Waals surface area contributed by atoms with Gasteiger partial charge in [-0.3, -0.25) is 11.3 Å². The van der Waals surface area contributed by atoms with Crippen molar-refractivity contribution in [2.24, 2.45) is 11.8 Å². The summed E-state index contributed by atoms with van der Waals surface area (Å²) in [5.41, 5.74) is 3.86. The highest BCUT2D eigenvalue weighted by Crippen LogP contribution is 2.39. The average molecular weight is 266 g/mol. The van der Waals surface area contributed by atoms with Crippen LogP contribution < -0.4 is 20.7 Å². The first kappa shape index (κ1) is 14.1. The molecule has 0 spiro atoms. The van der Waals surface area contributed by atoms with Crippen molar-refractivity contribution in [3.8, 4) is 11.5 Å². The molecule has 5 heteroatoms. The van der Waals surface area contributed by atoms with E-state index >= 15 is 0 Å². The normalized spacial score (nSPS) is 20.9. The lowest BCUT2D eigenvalue weighted by molar-refractivity contribution is 0.0383. The maximum absolute atomic E-state index is 5.77. The zero-order valence-electron chi connectivity index (χ0n) is 11.5. The minimum Gasteiger partial charge on any atom is -0.496 e. The lowest BCUT2D eigenvalue weighted by Gasteiger charge is -2.31. The van der Waals surface area contributed by atoms with Crippen LogP contribution in [0.1, 0.15) is 24.4 Å². The van der Waals surface area contributed by atoms with Gasteiger partial charge in [-0.25, -0.2) is 0 Å². The zero-order valence-corrected chi connectivity index (χ0v) is 11.5. The van der Waals surface area contributed by atoms with Gasteiger partial charge in [0, 0.05) is 12.5 Å². The third-order valence-corrected chi connectivity index (χ3v) is 3.62. The number of rotatable bonds is 5. The summed E-state index contributed by atoms with van der Waals surface area (Å²) in [7, 11) is 3.31. The second-order valence-electron chi connectivity index (χ2n) is 4.70. The van der Waals surface area contributed by atoms with Gasteiger partial charge in [0.15, 0.2) is 0 Å². The van der Waals surface area contributed by atoms with Crippen LogP contribution in [0.15, 0.2) is 18.2 Å². The van der Waals surface area contributed by atoms with Gasteiger partial charge in [0.25, 0.3) is 0 Å². The minimum atomic E-state index is -0.0357. The molecule has 2 unspecified atom stereocenters. The summed E-state index contributed by atoms with van der Waals surface area (Å²) in [6.07, 6.45) is 2.14. The minimum absolute atomic E-state index is 0.0357. The van der Waals surface area contributed by atoms with E-state index in [0.29, 0.717) is 12.5 Å². The lowest BCUT2D eigenvalue weighted by Crippen LogP contribution is -2.37. The van der Waals surface area contributed by atoms with Gasteiger partial charge in [-0.15, -0.1) is 0 Å². The molecule has 3 N–H and O–H groups in total. The van der Waals surface area contributed by atoms with E-state index in [4.69, 9.17) is 20.1 Å². The summed E-state index contributed by atoms with van der Waals surface area (Å²) in [5, 5.41) is 0. The molecular weight excluding hydrogens is 244 g/mol. The Kier molecular flexibility index (Phi) is 5.01. The van der Waals surface area contributed by atoms with Crippen LogP contribution >= 0.6 is 0 Å². The molecule has 106 valence electrons. The molecule has 1 aliphatic heterocycles. The maximum atomic E-state index is 5.77. The molecule has 1 aromatic carbocycles. The number of nitrogens with one attached hydrogen (secondary N) is 1. The molecule has 1 saturated heterocycles. The summed E-state index contributed by atoms with van der Waals surface area (Å²) in [5.74, 6) is 7.66. The van der Waals surface area contributed by atoms with Gasteiger partial charge in [0.2, 0.25) is 0 Å². The standard InChI is InChI=1S/C14H22N2O3/c1-17-11-6-3-7-12(18-2)13(11)14(16-15)10-5-4-8-19-9-10/h3,6-7,10,14,16H,4-5,8-9,15H2,1-2H3. The van der Waals surface area contributed by atoms with Gasteiger partial charge in [-0.1, -0.05) is 6.07 Å². The third kappa shape index (κ3) is 3.00. The molecule has 0 aliphatic carbocycles. The van der Waals surface area contributed by atoms with Crippen LogP contribution in [0.3, 0.4) is 0 Å². The van der Waals surface area contributed by atoms with Gasteiger partial charge < -0.3 is 14.2 Å². The van der Waals surface area contributed by atoms with E-state index in [1.54, 1.807) is 14.2 Å². The van der Waals surface area contributed by atoms with Gasteiger partial charge >= 0.3 is 0 Å². The van der Waals surface area contributed by atoms with Gasteiger partial charge in [-0.05, 0) is 25.0 Å². The van der Waals surface area contributed by atoms with E-state index in [-0.39, 0.29) is 6.04 Å². The van der Waals surface area contributed by atoms with E-state index in [1.807, 2.05) is 18.2 Å². The van der Waals surface area contributed by atoms with Gasteiger partial charge in [-0.2, -0.15) is 0 Å². The molecule has 0 aromatic heterocycles. The van der Waals surface area contributed by atoms with Crippen molar-refractivity contribution < 1.29 is 14.2 Å². The number of nitrogens with two attached hydrogens (primary N) is 1. The SMILES string of the molecule is COc1cccc(OC)c1C(NN)C1CCCOC1. The van der Waals surface area contributed by atoms with Crippen molar-refractivity contribution in [3.05, 3.63) is 23.8 Å². The van der Waals surface area contributed by atoms with Crippen LogP contribution in [0.2, 0.25) is 0 Å². The van der Waals surface area contributed by atoms with Gasteiger partial charge in [0.1, 0.15) is 11.5 Å². The first-order chi connectivity index (χ1) is 9.31. The highest BCUT2D eigenvalue weighted by atomic mass is 16.5. The Morgan fingerprint density at radius 2 is 2.00 bits per heavy atom. The summed E-state index contributed by atoms with van der Waals surface area (Å²) in [6.45, 7) is 1.53. The number of hydrogen-bond acceptors (Lipinski definition) is 5. The Bertz CT molecular complexity index is 383. The quantitative estimate of drug-likeness (QED) is 0.626. The molecular formula is C14H22N2O3. The molecule has 0 amide bonds. The number of methoxy groups -OCH3 is 2. The molecule has 1 aliphatic rings. The molecule has 0 radical (unpaired) electrons. The largest absolute Gasteiger partial charge is 0.496 e. The monoisotopic (exact) mass is 266 g/mol. The smallest absolute Gasteiger partial charge is 0.127 e. The van der Waals surface area contributed by atoms with Crippen LogP contribution in [-0.2, 0) is 4.74 Å². The van der Waals surface area contributed by atoms with Crippen LogP contribution in [0.5, 0.6) is 11.5 Å². The predicted molar refractivity (Wildman–Crippen MR) is 73.2 cm³/mol. The van der Waals surface area contributed by atoms with Crippen molar-refractivity contribution in [2.45, 2.75) is 18.9 Å². The van der Waals surface area contributed by atoms with Gasteiger partial charge in [0.05, 0.1) is 32.4 Å². The topological polar surface area (TPSA) is 65.7 Å². The second-order valence-corrected chi connectivity index (χ2v) is 4.70. The van der Waals surface area contributed by atoms with Crippen molar-refractivity contribution in [1.82, 2.24) is 5.43 Å². The second kappa shape index (κ2) is 6.75. The number of ether oxygens (including phenoxy) is 3. The Labute approximate surface area is 114 Å². The van der Waals surface area contributed by atoms with E-state index < -0.39 is 0 Å². The Hall–Kier alpha value is -1.30. The predicted octanol–water partition coefficient (Wildman–Crippen LogP) is 1.63. The molecule has 1 aromatic rings. The first-order valence-corrected chi connectivity index (χ1v) is 6.56. The zero-order chi connectivity index (χ0) is 13.7. The summed E-state index contributed by atoms with van der Waals surface area (Å²) in [4.78, 5) is 0. The van der Waals surface area contributed by atoms with Crippen LogP contribution in [0.25, 0.3) is 0 Å². The highest BCUT2D eigenvalue weighted by Gasteiger charge is 2.29. The van der Waals surface area contributed by atoms with Crippen molar-refractivity contribution in [2.75, 3.05) is 27.4 Å². The number of benzene rings is 1. The first-order valence-electron chi connectivity index (χ1n) is 6.56. The molecule has 5 nitrogen and oxygen atoms in total. The number of hydrazine groups is 1. The molecule has 2 rings (SSSR count). The molecule has 1 heterocycles. The molecule has 1 fully saturated rings. The van der Waals surface area contributed by atoms with Crippen LogP contribution in [0.4, 0.5) is 0 Å². The van der Waals surface area contributed by atoms with E-state index in [1.165, 1.54) is 0 Å². The Morgan fingerprint density at radius 3 is 2.47 bits per heavy atom. The summed E-state index contributed by atoms with van der Waals surface area (Å²) < 4.78 is 16.4. The summed E-state index contributed by atoms with van der Waals surface area (Å²) >= 11 is 0. The number of hydrogen-bond donors (Lipinski definition) is 2. The van der Waals surface area contributed by atoms with Crippen LogP contribution in [0, 0.1) is 5.92 Å². The Morgan fingerprint density at radius 1 is 1.32 bits per heavy atom. The molecule has 2 atom stereocenters. The summed E-state index contributed by atoms with van der Waals surface area (Å²) in [6, 6.07) is 5.72. The fourth-order valence-corrected chi connectivity index (χ4v) is 2.67. The third-order valence-electron chi connectivity index (χ3n) is 3.62. The van der Waals surface area contributed by atoms with Crippen molar-refractivity contribution in [3.63, 3.8) is 0 Å². The fraction of sp³-hybridized carbons (Fsp3) is 0.571. The lowest BCUT2D eigenvalue weighted by atomic mass is 9.88. The van der Waals surface area contributed by atoms with Crippen molar-refractivity contribution in [1.29, 1.82) is 0 Å².